The van der Waals surface area contributed by atoms with E-state index in [1.165, 1.54) is 63.4 Å². The van der Waals surface area contributed by atoms with Gasteiger partial charge in [0.2, 0.25) is 0 Å². The van der Waals surface area contributed by atoms with Gasteiger partial charge in [-0.25, -0.2) is 4.39 Å². The summed E-state index contributed by atoms with van der Waals surface area (Å²) < 4.78 is 14.8. The Balaban J connectivity index is 1.30. The topological polar surface area (TPSA) is 26.0 Å². The van der Waals surface area contributed by atoms with Gasteiger partial charge >= 0.3 is 0 Å². The number of rotatable bonds is 9. The molecule has 1 aliphatic carbocycles. The zero-order valence-corrected chi connectivity index (χ0v) is 20.0. The third-order valence-electron chi connectivity index (χ3n) is 7.50. The molecule has 1 nitrogen and oxygen atoms in total. The summed E-state index contributed by atoms with van der Waals surface area (Å²) in [4.78, 5) is 0. The second-order valence-corrected chi connectivity index (χ2v) is 9.93. The van der Waals surface area contributed by atoms with Crippen molar-refractivity contribution < 1.29 is 4.39 Å². The van der Waals surface area contributed by atoms with Crippen LogP contribution in [0, 0.1) is 17.7 Å². The molecule has 1 aliphatic rings. The number of hydrogen-bond acceptors (Lipinski definition) is 1. The van der Waals surface area contributed by atoms with Crippen molar-refractivity contribution in [2.75, 3.05) is 5.73 Å². The summed E-state index contributed by atoms with van der Waals surface area (Å²) in [5, 5.41) is 0. The van der Waals surface area contributed by atoms with Crippen LogP contribution in [0.1, 0.15) is 70.3 Å². The van der Waals surface area contributed by atoms with E-state index < -0.39 is 0 Å². The molecule has 3 aromatic carbocycles. The van der Waals surface area contributed by atoms with Crippen molar-refractivity contribution in [2.24, 2.45) is 11.8 Å². The van der Waals surface area contributed by atoms with Gasteiger partial charge in [0.15, 0.2) is 0 Å². The lowest BCUT2D eigenvalue weighted by atomic mass is 9.78. The van der Waals surface area contributed by atoms with Crippen molar-refractivity contribution in [3.63, 3.8) is 0 Å². The van der Waals surface area contributed by atoms with Crippen LogP contribution in [-0.4, -0.2) is 0 Å². The monoisotopic (exact) mass is 443 g/mol. The van der Waals surface area contributed by atoms with Crippen molar-refractivity contribution in [3.05, 3.63) is 78.1 Å². The molecule has 174 valence electrons. The molecule has 0 bridgehead atoms. The third kappa shape index (κ3) is 6.47. The van der Waals surface area contributed by atoms with Crippen LogP contribution in [0.15, 0.2) is 66.7 Å². The fourth-order valence-electron chi connectivity index (χ4n) is 5.32. The van der Waals surface area contributed by atoms with Gasteiger partial charge in [0.25, 0.3) is 0 Å². The summed E-state index contributed by atoms with van der Waals surface area (Å²) in [6.07, 6.45) is 13.7. The van der Waals surface area contributed by atoms with E-state index in [1.54, 1.807) is 18.2 Å². The Morgan fingerprint density at radius 3 is 1.97 bits per heavy atom. The molecular weight excluding hydrogens is 405 g/mol. The number of benzene rings is 3. The lowest BCUT2D eigenvalue weighted by molar-refractivity contribution is 0.249. The molecule has 1 saturated carbocycles. The van der Waals surface area contributed by atoms with E-state index in [-0.39, 0.29) is 5.82 Å². The van der Waals surface area contributed by atoms with E-state index >= 15 is 0 Å². The van der Waals surface area contributed by atoms with E-state index in [4.69, 9.17) is 5.73 Å². The van der Waals surface area contributed by atoms with Gasteiger partial charge in [0, 0.05) is 11.3 Å². The van der Waals surface area contributed by atoms with Crippen LogP contribution >= 0.6 is 0 Å². The van der Waals surface area contributed by atoms with Crippen molar-refractivity contribution in [2.45, 2.75) is 71.1 Å². The first-order valence-corrected chi connectivity index (χ1v) is 12.9. The predicted molar refractivity (Wildman–Crippen MR) is 140 cm³/mol. The first-order valence-electron chi connectivity index (χ1n) is 12.9. The smallest absolute Gasteiger partial charge is 0.131 e. The Morgan fingerprint density at radius 2 is 1.33 bits per heavy atom. The molecular formula is C31H38FN. The second-order valence-electron chi connectivity index (χ2n) is 9.93. The van der Waals surface area contributed by atoms with Gasteiger partial charge in [-0.3, -0.25) is 0 Å². The van der Waals surface area contributed by atoms with Crippen molar-refractivity contribution in [3.8, 4) is 22.3 Å². The Kier molecular flexibility index (Phi) is 8.20. The third-order valence-corrected chi connectivity index (χ3v) is 7.50. The lowest BCUT2D eigenvalue weighted by Gasteiger charge is -2.28. The fraction of sp³-hybridized carbons (Fsp3) is 0.419. The standard InChI is InChI=1S/C31H38FN/c1-2-3-4-5-23-6-8-24(9-7-23)10-11-25-12-14-26(15-13-25)28-18-21-30(31(32)22-28)27-16-19-29(33)20-17-27/h12-24H,2-11,33H2,1H3. The average Bonchev–Trinajstić information content (AvgIpc) is 2.85. The Morgan fingerprint density at radius 1 is 0.727 bits per heavy atom. The first kappa shape index (κ1) is 23.5. The van der Waals surface area contributed by atoms with Crippen LogP contribution in [0.25, 0.3) is 22.3 Å². The highest BCUT2D eigenvalue weighted by molar-refractivity contribution is 5.72. The Bertz CT molecular complexity index is 998. The number of nitrogens with two attached hydrogens (primary N) is 1. The molecule has 2 heteroatoms. The number of aryl methyl sites for hydroxylation is 1. The average molecular weight is 444 g/mol. The Labute approximate surface area is 199 Å². The van der Waals surface area contributed by atoms with Gasteiger partial charge in [-0.2, -0.15) is 0 Å². The minimum Gasteiger partial charge on any atom is -0.399 e. The molecule has 2 N–H and O–H groups in total. The Hall–Kier alpha value is -2.61. The largest absolute Gasteiger partial charge is 0.399 e. The van der Waals surface area contributed by atoms with Gasteiger partial charge in [0.1, 0.15) is 5.82 Å². The van der Waals surface area contributed by atoms with Crippen molar-refractivity contribution >= 4 is 5.69 Å². The number of halogens is 1. The molecule has 0 unspecified atom stereocenters. The van der Waals surface area contributed by atoms with E-state index in [9.17, 15) is 4.39 Å². The number of anilines is 1. The summed E-state index contributed by atoms with van der Waals surface area (Å²) in [6.45, 7) is 2.29. The molecule has 0 aliphatic heterocycles. The van der Waals surface area contributed by atoms with Crippen LogP contribution in [0.4, 0.5) is 10.1 Å². The van der Waals surface area contributed by atoms with E-state index in [1.807, 2.05) is 24.3 Å². The van der Waals surface area contributed by atoms with Crippen LogP contribution in [0.2, 0.25) is 0 Å². The summed E-state index contributed by atoms with van der Waals surface area (Å²) in [7, 11) is 0. The van der Waals surface area contributed by atoms with Crippen molar-refractivity contribution in [1.29, 1.82) is 0 Å². The maximum Gasteiger partial charge on any atom is 0.131 e. The summed E-state index contributed by atoms with van der Waals surface area (Å²) in [5.41, 5.74) is 11.3. The van der Waals surface area contributed by atoms with Gasteiger partial charge in [-0.1, -0.05) is 107 Å². The maximum absolute atomic E-state index is 14.8. The fourth-order valence-corrected chi connectivity index (χ4v) is 5.32. The number of unbranched alkanes of at least 4 members (excludes halogenated alkanes) is 2. The van der Waals surface area contributed by atoms with Crippen LogP contribution in [-0.2, 0) is 6.42 Å². The zero-order chi connectivity index (χ0) is 23.0. The highest BCUT2D eigenvalue weighted by atomic mass is 19.1. The van der Waals surface area contributed by atoms with Gasteiger partial charge in [-0.15, -0.1) is 0 Å². The highest BCUT2D eigenvalue weighted by Crippen LogP contribution is 2.34. The molecule has 0 heterocycles. The molecule has 0 aromatic heterocycles. The van der Waals surface area contributed by atoms with Gasteiger partial charge in [0.05, 0.1) is 0 Å². The molecule has 4 rings (SSSR count). The summed E-state index contributed by atoms with van der Waals surface area (Å²) in [6, 6.07) is 21.6. The van der Waals surface area contributed by atoms with Crippen LogP contribution in [0.3, 0.4) is 0 Å². The number of hydrogen-bond donors (Lipinski definition) is 1. The summed E-state index contributed by atoms with van der Waals surface area (Å²) in [5.74, 6) is 1.67. The normalized spacial score (nSPS) is 18.4. The number of nitrogen functional groups attached to an aromatic ring is 1. The first-order chi connectivity index (χ1) is 16.1. The van der Waals surface area contributed by atoms with Crippen molar-refractivity contribution in [1.82, 2.24) is 0 Å². The van der Waals surface area contributed by atoms with E-state index in [2.05, 4.69) is 31.2 Å². The summed E-state index contributed by atoms with van der Waals surface area (Å²) >= 11 is 0. The molecule has 0 radical (unpaired) electrons. The minimum atomic E-state index is -0.202. The molecule has 0 spiro atoms. The molecule has 0 amide bonds. The SMILES string of the molecule is CCCCCC1CCC(CCc2ccc(-c3ccc(-c4ccc(N)cc4)c(F)c3)cc2)CC1. The second kappa shape index (κ2) is 11.5. The molecule has 3 aromatic rings. The molecule has 33 heavy (non-hydrogen) atoms. The quantitative estimate of drug-likeness (QED) is 0.259. The molecule has 0 atom stereocenters. The minimum absolute atomic E-state index is 0.202. The molecule has 0 saturated heterocycles. The van der Waals surface area contributed by atoms with Gasteiger partial charge in [-0.05, 0) is 65.1 Å². The van der Waals surface area contributed by atoms with Crippen LogP contribution < -0.4 is 5.73 Å². The maximum atomic E-state index is 14.8. The van der Waals surface area contributed by atoms with Gasteiger partial charge < -0.3 is 5.73 Å². The van der Waals surface area contributed by atoms with E-state index in [0.717, 1.165) is 34.9 Å². The lowest BCUT2D eigenvalue weighted by Crippen LogP contribution is -2.15. The zero-order valence-electron chi connectivity index (χ0n) is 20.0. The molecule has 1 fully saturated rings. The predicted octanol–water partition coefficient (Wildman–Crippen LogP) is 9.06. The van der Waals surface area contributed by atoms with E-state index in [0.29, 0.717) is 11.3 Å². The van der Waals surface area contributed by atoms with Crippen LogP contribution in [0.5, 0.6) is 0 Å². The highest BCUT2D eigenvalue weighted by Gasteiger charge is 2.20.